The summed E-state index contributed by atoms with van der Waals surface area (Å²) in [6, 6.07) is 3.25. The maximum atomic E-state index is 12.2. The van der Waals surface area contributed by atoms with E-state index in [4.69, 9.17) is 9.15 Å². The van der Waals surface area contributed by atoms with E-state index in [0.29, 0.717) is 17.8 Å². The highest BCUT2D eigenvalue weighted by molar-refractivity contribution is 6.11. The predicted octanol–water partition coefficient (Wildman–Crippen LogP) is 2.92. The summed E-state index contributed by atoms with van der Waals surface area (Å²) in [5.41, 5.74) is -1.13. The number of aliphatic hydroxyl groups is 1. The van der Waals surface area contributed by atoms with Gasteiger partial charge in [-0.3, -0.25) is 4.79 Å². The van der Waals surface area contributed by atoms with Crippen LogP contribution in [-0.2, 0) is 15.1 Å². The molecule has 0 saturated heterocycles. The molecule has 0 spiro atoms. The van der Waals surface area contributed by atoms with E-state index < -0.39 is 5.60 Å². The molecule has 1 unspecified atom stereocenters. The molecule has 4 heteroatoms. The monoisotopic (exact) mass is 264 g/mol. The summed E-state index contributed by atoms with van der Waals surface area (Å²) >= 11 is 0. The molecular weight excluding hydrogens is 244 g/mol. The van der Waals surface area contributed by atoms with Crippen molar-refractivity contribution < 1.29 is 19.1 Å². The highest BCUT2D eigenvalue weighted by Gasteiger charge is 2.57. The van der Waals surface area contributed by atoms with Gasteiger partial charge in [-0.25, -0.2) is 0 Å². The van der Waals surface area contributed by atoms with Crippen LogP contribution in [0.2, 0.25) is 0 Å². The maximum absolute atomic E-state index is 12.2. The van der Waals surface area contributed by atoms with Gasteiger partial charge in [-0.15, -0.1) is 0 Å². The fraction of sp³-hybridized carbons (Fsp3) is 0.533. The smallest absolute Gasteiger partial charge is 0.243 e. The Morgan fingerprint density at radius 2 is 2.21 bits per heavy atom. The van der Waals surface area contributed by atoms with Crippen LogP contribution in [0.25, 0.3) is 0 Å². The summed E-state index contributed by atoms with van der Waals surface area (Å²) in [5, 5.41) is 10.6. The normalized spacial score (nSPS) is 22.9. The van der Waals surface area contributed by atoms with Crippen LogP contribution in [0.3, 0.4) is 0 Å². The van der Waals surface area contributed by atoms with Crippen molar-refractivity contribution in [2.45, 2.75) is 51.7 Å². The van der Waals surface area contributed by atoms with Crippen LogP contribution in [0.4, 0.5) is 0 Å². The van der Waals surface area contributed by atoms with Crippen LogP contribution in [0.5, 0.6) is 0 Å². The van der Waals surface area contributed by atoms with Crippen molar-refractivity contribution in [2.24, 2.45) is 0 Å². The zero-order chi connectivity index (χ0) is 14.0. The van der Waals surface area contributed by atoms with E-state index in [1.807, 2.05) is 13.8 Å². The Hall–Kier alpha value is -1.55. The zero-order valence-corrected chi connectivity index (χ0v) is 11.6. The van der Waals surface area contributed by atoms with E-state index in [1.165, 1.54) is 6.26 Å². The van der Waals surface area contributed by atoms with Crippen LogP contribution in [0, 0.1) is 0 Å². The van der Waals surface area contributed by atoms with E-state index in [1.54, 1.807) is 12.1 Å². The Kier molecular flexibility index (Phi) is 3.80. The van der Waals surface area contributed by atoms with Crippen LogP contribution in [0.1, 0.15) is 45.8 Å². The Morgan fingerprint density at radius 3 is 2.74 bits per heavy atom. The van der Waals surface area contributed by atoms with Gasteiger partial charge in [-0.1, -0.05) is 13.3 Å². The standard InChI is InChI=1S/C15H20O4/c1-4-5-7-11-13(16)15(17,12-8-6-9-18-12)14(11)19-10(2)3/h6,8-10,17H,4-5,7H2,1-3H3. The molecule has 1 N–H and O–H groups in total. The van der Waals surface area contributed by atoms with Crippen molar-refractivity contribution in [3.63, 3.8) is 0 Å². The van der Waals surface area contributed by atoms with Crippen molar-refractivity contribution in [3.05, 3.63) is 35.5 Å². The maximum Gasteiger partial charge on any atom is 0.243 e. The van der Waals surface area contributed by atoms with Gasteiger partial charge in [0, 0.05) is 5.57 Å². The summed E-state index contributed by atoms with van der Waals surface area (Å²) in [5.74, 6) is 0.288. The molecule has 19 heavy (non-hydrogen) atoms. The second kappa shape index (κ2) is 5.21. The number of furan rings is 1. The van der Waals surface area contributed by atoms with E-state index in [-0.39, 0.29) is 17.6 Å². The third kappa shape index (κ3) is 2.21. The van der Waals surface area contributed by atoms with Gasteiger partial charge in [0.25, 0.3) is 0 Å². The third-order valence-electron chi connectivity index (χ3n) is 3.22. The summed E-state index contributed by atoms with van der Waals surface area (Å²) in [6.07, 6.45) is 3.88. The predicted molar refractivity (Wildman–Crippen MR) is 70.4 cm³/mol. The summed E-state index contributed by atoms with van der Waals surface area (Å²) in [6.45, 7) is 5.80. The van der Waals surface area contributed by atoms with Crippen molar-refractivity contribution in [1.29, 1.82) is 0 Å². The molecule has 0 amide bonds. The molecule has 0 aliphatic heterocycles. The lowest BCUT2D eigenvalue weighted by Gasteiger charge is -2.38. The number of ether oxygens (including phenoxy) is 1. The van der Waals surface area contributed by atoms with Crippen molar-refractivity contribution in [1.82, 2.24) is 0 Å². The minimum Gasteiger partial charge on any atom is -0.491 e. The topological polar surface area (TPSA) is 59.7 Å². The molecule has 0 saturated carbocycles. The fourth-order valence-electron chi connectivity index (χ4n) is 2.26. The van der Waals surface area contributed by atoms with E-state index in [0.717, 1.165) is 12.8 Å². The first-order chi connectivity index (χ1) is 9.01. The van der Waals surface area contributed by atoms with Gasteiger partial charge >= 0.3 is 0 Å². The molecule has 1 aromatic rings. The van der Waals surface area contributed by atoms with Gasteiger partial charge in [0.05, 0.1) is 12.4 Å². The van der Waals surface area contributed by atoms with Crippen molar-refractivity contribution >= 4 is 5.78 Å². The largest absolute Gasteiger partial charge is 0.491 e. The molecule has 4 nitrogen and oxygen atoms in total. The molecule has 0 radical (unpaired) electrons. The third-order valence-corrected chi connectivity index (χ3v) is 3.22. The van der Waals surface area contributed by atoms with E-state index in [2.05, 4.69) is 6.92 Å². The lowest BCUT2D eigenvalue weighted by molar-refractivity contribution is -0.145. The Bertz CT molecular complexity index is 484. The number of carbonyl (C=O) groups is 1. The average molecular weight is 264 g/mol. The Labute approximate surface area is 113 Å². The number of hydrogen-bond acceptors (Lipinski definition) is 4. The molecule has 2 rings (SSSR count). The summed E-state index contributed by atoms with van der Waals surface area (Å²) in [7, 11) is 0. The van der Waals surface area contributed by atoms with Crippen LogP contribution in [0.15, 0.2) is 34.1 Å². The van der Waals surface area contributed by atoms with Crippen LogP contribution < -0.4 is 0 Å². The quantitative estimate of drug-likeness (QED) is 0.858. The fourth-order valence-corrected chi connectivity index (χ4v) is 2.26. The number of carbonyl (C=O) groups excluding carboxylic acids is 1. The first-order valence-corrected chi connectivity index (χ1v) is 6.73. The van der Waals surface area contributed by atoms with Gasteiger partial charge in [0.15, 0.2) is 11.5 Å². The highest BCUT2D eigenvalue weighted by Crippen LogP contribution is 2.46. The Morgan fingerprint density at radius 1 is 1.47 bits per heavy atom. The lowest BCUT2D eigenvalue weighted by atomic mass is 9.74. The van der Waals surface area contributed by atoms with Gasteiger partial charge in [-0.2, -0.15) is 0 Å². The highest BCUT2D eigenvalue weighted by atomic mass is 16.5. The molecule has 104 valence electrons. The van der Waals surface area contributed by atoms with Gasteiger partial charge < -0.3 is 14.3 Å². The molecule has 1 heterocycles. The zero-order valence-electron chi connectivity index (χ0n) is 11.6. The minimum atomic E-state index is -1.73. The van der Waals surface area contributed by atoms with Crippen LogP contribution >= 0.6 is 0 Å². The Balaban J connectivity index is 2.35. The second-order valence-corrected chi connectivity index (χ2v) is 5.09. The number of rotatable bonds is 6. The first kappa shape index (κ1) is 13.9. The van der Waals surface area contributed by atoms with Crippen molar-refractivity contribution in [3.8, 4) is 0 Å². The minimum absolute atomic E-state index is 0.0961. The van der Waals surface area contributed by atoms with Crippen molar-refractivity contribution in [2.75, 3.05) is 0 Å². The summed E-state index contributed by atoms with van der Waals surface area (Å²) in [4.78, 5) is 12.2. The molecule has 0 fully saturated rings. The number of unbranched alkanes of at least 4 members (excludes halogenated alkanes) is 1. The molecular formula is C15H20O4. The lowest BCUT2D eigenvalue weighted by Crippen LogP contribution is -2.49. The van der Waals surface area contributed by atoms with Gasteiger partial charge in [-0.05, 0) is 38.8 Å². The molecule has 1 atom stereocenters. The summed E-state index contributed by atoms with van der Waals surface area (Å²) < 4.78 is 10.8. The molecule has 0 aromatic carbocycles. The number of Topliss-reactive ketones (excluding diaryl/α,β-unsaturated/α-hetero) is 1. The van der Waals surface area contributed by atoms with Crippen LogP contribution in [-0.4, -0.2) is 17.0 Å². The molecule has 1 aliphatic rings. The molecule has 0 bridgehead atoms. The van der Waals surface area contributed by atoms with E-state index in [9.17, 15) is 9.90 Å². The number of ketones is 1. The second-order valence-electron chi connectivity index (χ2n) is 5.09. The first-order valence-electron chi connectivity index (χ1n) is 6.73. The van der Waals surface area contributed by atoms with Gasteiger partial charge in [0.2, 0.25) is 11.4 Å². The molecule has 1 aliphatic carbocycles. The number of hydrogen-bond donors (Lipinski definition) is 1. The molecule has 1 aromatic heterocycles. The van der Waals surface area contributed by atoms with E-state index >= 15 is 0 Å². The van der Waals surface area contributed by atoms with Gasteiger partial charge in [0.1, 0.15) is 0 Å². The average Bonchev–Trinajstić information content (AvgIpc) is 2.90. The SMILES string of the molecule is CCCCC1=C(OC(C)C)C(O)(c2ccco2)C1=O.